The van der Waals surface area contributed by atoms with E-state index in [9.17, 15) is 15.0 Å². The molecule has 4 aliphatic carbocycles. The predicted molar refractivity (Wildman–Crippen MR) is 167 cm³/mol. The van der Waals surface area contributed by atoms with Gasteiger partial charge in [0, 0.05) is 17.3 Å². The zero-order chi connectivity index (χ0) is 30.4. The van der Waals surface area contributed by atoms with Crippen molar-refractivity contribution >= 4 is 5.97 Å². The Labute approximate surface area is 257 Å². The molecule has 0 bridgehead atoms. The third-order valence-corrected chi connectivity index (χ3v) is 13.7. The highest BCUT2D eigenvalue weighted by Crippen LogP contribution is 2.74. The number of hydrogen-bond donors (Lipinski definition) is 2. The second-order valence-electron chi connectivity index (χ2n) is 15.8. The maximum atomic E-state index is 13.2. The van der Waals surface area contributed by atoms with Gasteiger partial charge >= 0.3 is 5.97 Å². The third kappa shape index (κ3) is 4.17. The van der Waals surface area contributed by atoms with Crippen molar-refractivity contribution in [3.8, 4) is 0 Å². The van der Waals surface area contributed by atoms with Gasteiger partial charge in [0.1, 0.15) is 6.10 Å². The first-order valence-corrected chi connectivity index (χ1v) is 16.7. The molecule has 6 aliphatic rings. The molecule has 2 saturated heterocycles. The zero-order valence-corrected chi connectivity index (χ0v) is 26.6. The number of carbonyl (C=O) groups is 1. The average molecular weight is 587 g/mol. The molecule has 0 amide bonds. The fourth-order valence-corrected chi connectivity index (χ4v) is 11.5. The van der Waals surface area contributed by atoms with Gasteiger partial charge in [-0.05, 0) is 91.2 Å². The summed E-state index contributed by atoms with van der Waals surface area (Å²) in [7, 11) is 0. The van der Waals surface area contributed by atoms with Crippen LogP contribution in [0.2, 0.25) is 0 Å². The number of esters is 1. The number of aliphatic hydroxyl groups excluding tert-OH is 2. The molecule has 4 fully saturated rings. The second-order valence-corrected chi connectivity index (χ2v) is 15.8. The lowest BCUT2D eigenvalue weighted by atomic mass is 9.37. The van der Waals surface area contributed by atoms with Crippen LogP contribution in [0.1, 0.15) is 91.2 Å². The summed E-state index contributed by atoms with van der Waals surface area (Å²) in [6.45, 7) is 12.2. The molecule has 2 N–H and O–H groups in total. The van der Waals surface area contributed by atoms with Crippen LogP contribution in [0.15, 0.2) is 65.3 Å². The Morgan fingerprint density at radius 1 is 1.05 bits per heavy atom. The average Bonchev–Trinajstić information content (AvgIpc) is 3.53. The van der Waals surface area contributed by atoms with Gasteiger partial charge in [0.2, 0.25) is 0 Å². The number of hydrogen-bond acceptors (Lipinski definition) is 5. The Morgan fingerprint density at radius 2 is 1.81 bits per heavy atom. The molecule has 0 spiro atoms. The molecule has 5 heteroatoms. The van der Waals surface area contributed by atoms with Crippen LogP contribution in [0.5, 0.6) is 0 Å². The first-order chi connectivity index (χ1) is 20.4. The summed E-state index contributed by atoms with van der Waals surface area (Å²) in [5.74, 6) is 0.674. The lowest BCUT2D eigenvalue weighted by Crippen LogP contribution is -2.64. The minimum absolute atomic E-state index is 0.0155. The van der Waals surface area contributed by atoms with Crippen molar-refractivity contribution in [3.63, 3.8) is 0 Å². The van der Waals surface area contributed by atoms with Gasteiger partial charge in [-0.25, -0.2) is 0 Å². The van der Waals surface area contributed by atoms with Crippen LogP contribution in [0.4, 0.5) is 0 Å². The fourth-order valence-electron chi connectivity index (χ4n) is 11.5. The van der Waals surface area contributed by atoms with E-state index < -0.39 is 6.10 Å². The topological polar surface area (TPSA) is 76.0 Å². The van der Waals surface area contributed by atoms with Crippen molar-refractivity contribution < 1.29 is 24.5 Å². The first kappa shape index (κ1) is 29.5. The third-order valence-electron chi connectivity index (χ3n) is 13.7. The van der Waals surface area contributed by atoms with Crippen LogP contribution in [0, 0.1) is 45.3 Å². The Kier molecular flexibility index (Phi) is 6.97. The number of ether oxygens (including phenoxy) is 2. The van der Waals surface area contributed by atoms with E-state index in [0.717, 1.165) is 44.1 Å². The normalized spacial score (nSPS) is 47.5. The van der Waals surface area contributed by atoms with Crippen LogP contribution < -0.4 is 0 Å². The molecule has 232 valence electrons. The zero-order valence-electron chi connectivity index (χ0n) is 26.6. The van der Waals surface area contributed by atoms with Gasteiger partial charge in [-0.1, -0.05) is 81.3 Å². The fraction of sp³-hybridized carbons (Fsp3) is 0.658. The summed E-state index contributed by atoms with van der Waals surface area (Å²) in [5, 5.41) is 21.7. The first-order valence-electron chi connectivity index (χ1n) is 16.7. The molecule has 0 radical (unpaired) electrons. The number of cyclic esters (lactones) is 1. The highest BCUT2D eigenvalue weighted by Gasteiger charge is 2.69. The van der Waals surface area contributed by atoms with Crippen molar-refractivity contribution in [2.75, 3.05) is 13.2 Å². The molecular weight excluding hydrogens is 536 g/mol. The van der Waals surface area contributed by atoms with E-state index in [1.54, 1.807) is 0 Å². The maximum Gasteiger partial charge on any atom is 0.310 e. The van der Waals surface area contributed by atoms with Gasteiger partial charge in [0.15, 0.2) is 0 Å². The van der Waals surface area contributed by atoms with E-state index in [1.165, 1.54) is 16.7 Å². The van der Waals surface area contributed by atoms with E-state index in [4.69, 9.17) is 9.47 Å². The Balaban J connectivity index is 1.17. The largest absolute Gasteiger partial charge is 0.458 e. The molecule has 11 unspecified atom stereocenters. The second kappa shape index (κ2) is 10.2. The van der Waals surface area contributed by atoms with E-state index in [-0.39, 0.29) is 58.3 Å². The van der Waals surface area contributed by atoms with Gasteiger partial charge in [-0.2, -0.15) is 0 Å². The van der Waals surface area contributed by atoms with E-state index in [1.807, 2.05) is 13.0 Å². The van der Waals surface area contributed by atoms with Gasteiger partial charge < -0.3 is 19.7 Å². The summed E-state index contributed by atoms with van der Waals surface area (Å²) >= 11 is 0. The molecule has 11 atom stereocenters. The summed E-state index contributed by atoms with van der Waals surface area (Å²) in [6.07, 6.45) is 12.7. The summed E-state index contributed by atoms with van der Waals surface area (Å²) < 4.78 is 12.4. The van der Waals surface area contributed by atoms with Gasteiger partial charge in [0.05, 0.1) is 31.3 Å². The van der Waals surface area contributed by atoms with Crippen molar-refractivity contribution in [3.05, 3.63) is 70.8 Å². The summed E-state index contributed by atoms with van der Waals surface area (Å²) in [5.41, 5.74) is 4.57. The van der Waals surface area contributed by atoms with Crippen LogP contribution in [0.25, 0.3) is 0 Å². The summed E-state index contributed by atoms with van der Waals surface area (Å²) in [6, 6.07) is 10.6. The highest BCUT2D eigenvalue weighted by molar-refractivity contribution is 5.76. The Bertz CT molecular complexity index is 1380. The number of rotatable bonds is 4. The Morgan fingerprint density at radius 3 is 2.56 bits per heavy atom. The molecule has 43 heavy (non-hydrogen) atoms. The van der Waals surface area contributed by atoms with E-state index >= 15 is 0 Å². The van der Waals surface area contributed by atoms with Gasteiger partial charge in [-0.3, -0.25) is 4.79 Å². The number of benzene rings is 1. The van der Waals surface area contributed by atoms with Crippen LogP contribution in [0.3, 0.4) is 0 Å². The summed E-state index contributed by atoms with van der Waals surface area (Å²) in [4.78, 5) is 13.2. The quantitative estimate of drug-likeness (QED) is 0.291. The van der Waals surface area contributed by atoms with Gasteiger partial charge in [-0.15, -0.1) is 0 Å². The Hall–Kier alpha value is -2.21. The molecule has 0 aromatic heterocycles. The van der Waals surface area contributed by atoms with E-state index in [2.05, 4.69) is 70.2 Å². The number of aliphatic hydroxyl groups is 2. The maximum absolute atomic E-state index is 13.2. The SMILES string of the molecule is CC(=CC1CC(C2CC=C3C2(C)CCC2C4(C)CC=C5CC(c6ccccc6)OCC5(C)C4CC(O)C32C)C(=O)O1)CO. The molecule has 2 saturated carbocycles. The lowest BCUT2D eigenvalue weighted by Gasteiger charge is -2.68. The van der Waals surface area contributed by atoms with Crippen molar-refractivity contribution in [1.29, 1.82) is 0 Å². The monoisotopic (exact) mass is 586 g/mol. The van der Waals surface area contributed by atoms with Crippen molar-refractivity contribution in [2.45, 2.75) is 97.9 Å². The number of fused-ring (bicyclic) bond motifs is 7. The molecule has 1 aromatic carbocycles. The molecule has 2 heterocycles. The molecule has 1 aromatic rings. The molecule has 7 rings (SSSR count). The van der Waals surface area contributed by atoms with Gasteiger partial charge in [0.25, 0.3) is 0 Å². The minimum atomic E-state index is -0.429. The minimum Gasteiger partial charge on any atom is -0.458 e. The number of allylic oxidation sites excluding steroid dienone is 2. The highest BCUT2D eigenvalue weighted by atomic mass is 16.5. The predicted octanol–water partition coefficient (Wildman–Crippen LogP) is 7.11. The lowest BCUT2D eigenvalue weighted by molar-refractivity contribution is -0.190. The molecular formula is C38H50O5. The smallest absolute Gasteiger partial charge is 0.310 e. The van der Waals surface area contributed by atoms with Crippen molar-refractivity contribution in [1.82, 2.24) is 0 Å². The van der Waals surface area contributed by atoms with Crippen LogP contribution in [-0.2, 0) is 14.3 Å². The van der Waals surface area contributed by atoms with Crippen LogP contribution in [-0.4, -0.2) is 41.6 Å². The molecule has 2 aliphatic heterocycles. The standard InChI is InChI=1S/C38H50O5/c1-23(21-39)17-26-19-27(34(41)43-26)28-11-12-30-35(28,2)16-14-31-36(3)15-13-25-18-29(24-9-7-6-8-10-24)42-22-37(25,4)32(36)20-33(40)38(30,31)5/h6-10,12-13,17,26-29,31-33,39-40H,11,14-16,18-22H2,1-5H3. The molecule has 5 nitrogen and oxygen atoms in total. The van der Waals surface area contributed by atoms with Crippen molar-refractivity contribution in [2.24, 2.45) is 45.3 Å². The number of carbonyl (C=O) groups excluding carboxylic acids is 1. The van der Waals surface area contributed by atoms with E-state index in [0.29, 0.717) is 24.9 Å². The van der Waals surface area contributed by atoms with Crippen LogP contribution >= 0.6 is 0 Å².